The van der Waals surface area contributed by atoms with Crippen molar-refractivity contribution in [2.75, 3.05) is 10.7 Å². The first-order valence-corrected chi connectivity index (χ1v) is 5.88. The first-order chi connectivity index (χ1) is 7.79. The number of nitrogens with one attached hydrogen (secondary N) is 2. The van der Waals surface area contributed by atoms with Gasteiger partial charge in [-0.1, -0.05) is 27.7 Å². The molecule has 1 aliphatic carbocycles. The van der Waals surface area contributed by atoms with Crippen molar-refractivity contribution >= 4 is 11.8 Å². The summed E-state index contributed by atoms with van der Waals surface area (Å²) in [5, 5.41) is 3.47. The summed E-state index contributed by atoms with van der Waals surface area (Å²) in [6, 6.07) is 2.36. The minimum Gasteiger partial charge on any atom is -0.366 e. The molecule has 94 valence electrons. The quantitative estimate of drug-likeness (QED) is 0.551. The molecule has 4 N–H and O–H groups in total. The smallest absolute Gasteiger partial charge is 0.239 e. The van der Waals surface area contributed by atoms with Crippen molar-refractivity contribution in [2.24, 2.45) is 16.7 Å². The Morgan fingerprint density at radius 1 is 1.18 bits per heavy atom. The number of aryl methyl sites for hydroxylation is 1. The molecule has 0 unspecified atom stereocenters. The van der Waals surface area contributed by atoms with Crippen LogP contribution < -0.4 is 16.6 Å². The van der Waals surface area contributed by atoms with Crippen LogP contribution in [0.1, 0.15) is 33.4 Å². The number of nitrogen functional groups attached to an aromatic ring is 1. The molecule has 1 fully saturated rings. The summed E-state index contributed by atoms with van der Waals surface area (Å²) in [6.45, 7) is 11.0. The summed E-state index contributed by atoms with van der Waals surface area (Å²) >= 11 is 0. The largest absolute Gasteiger partial charge is 0.366 e. The average Bonchev–Trinajstić information content (AvgIpc) is 2.60. The van der Waals surface area contributed by atoms with Crippen LogP contribution in [-0.4, -0.2) is 16.0 Å². The third-order valence-corrected chi connectivity index (χ3v) is 4.30. The molecule has 5 heteroatoms. The van der Waals surface area contributed by atoms with Gasteiger partial charge in [0.1, 0.15) is 5.82 Å². The Hall–Kier alpha value is -1.36. The van der Waals surface area contributed by atoms with E-state index in [2.05, 4.69) is 48.4 Å². The van der Waals surface area contributed by atoms with Gasteiger partial charge in [-0.3, -0.25) is 5.43 Å². The van der Waals surface area contributed by atoms with E-state index in [0.29, 0.717) is 12.0 Å². The van der Waals surface area contributed by atoms with Crippen molar-refractivity contribution in [1.82, 2.24) is 9.97 Å². The molecule has 1 aliphatic rings. The Morgan fingerprint density at radius 2 is 1.76 bits per heavy atom. The number of rotatable bonds is 3. The van der Waals surface area contributed by atoms with Crippen molar-refractivity contribution in [2.45, 2.75) is 40.7 Å². The van der Waals surface area contributed by atoms with Crippen LogP contribution in [0.25, 0.3) is 0 Å². The summed E-state index contributed by atoms with van der Waals surface area (Å²) in [5.41, 5.74) is 3.94. The molecule has 0 amide bonds. The number of hydrogen-bond acceptors (Lipinski definition) is 5. The van der Waals surface area contributed by atoms with Gasteiger partial charge in [-0.2, -0.15) is 4.98 Å². The number of hydrazine groups is 1. The fourth-order valence-corrected chi connectivity index (χ4v) is 2.41. The summed E-state index contributed by atoms with van der Waals surface area (Å²) in [4.78, 5) is 8.47. The highest BCUT2D eigenvalue weighted by molar-refractivity contribution is 5.46. The summed E-state index contributed by atoms with van der Waals surface area (Å²) in [7, 11) is 0. The average molecular weight is 235 g/mol. The Morgan fingerprint density at radius 3 is 2.24 bits per heavy atom. The molecule has 0 spiro atoms. The molecular formula is C12H21N5. The molecule has 1 heterocycles. The number of aromatic nitrogens is 2. The highest BCUT2D eigenvalue weighted by Gasteiger charge is 2.65. The van der Waals surface area contributed by atoms with Gasteiger partial charge < -0.3 is 5.32 Å². The minimum atomic E-state index is 0.280. The second kappa shape index (κ2) is 3.57. The fraction of sp³-hybridized carbons (Fsp3) is 0.667. The summed E-state index contributed by atoms with van der Waals surface area (Å²) in [5.74, 6) is 6.61. The molecule has 1 saturated carbocycles. The molecule has 0 radical (unpaired) electrons. The molecule has 1 aromatic heterocycles. The van der Waals surface area contributed by atoms with Crippen LogP contribution in [0.15, 0.2) is 6.07 Å². The third kappa shape index (κ3) is 1.84. The third-order valence-electron chi connectivity index (χ3n) is 4.30. The lowest BCUT2D eigenvalue weighted by Gasteiger charge is -2.09. The number of anilines is 2. The topological polar surface area (TPSA) is 75.9 Å². The Bertz CT molecular complexity index is 425. The van der Waals surface area contributed by atoms with Gasteiger partial charge in [0, 0.05) is 17.8 Å². The lowest BCUT2D eigenvalue weighted by atomic mass is 10.0. The lowest BCUT2D eigenvalue weighted by Crippen LogP contribution is -2.15. The molecule has 0 aliphatic heterocycles. The Kier molecular flexibility index (Phi) is 2.54. The molecular weight excluding hydrogens is 214 g/mol. The Balaban J connectivity index is 2.18. The summed E-state index contributed by atoms with van der Waals surface area (Å²) < 4.78 is 0. The van der Waals surface area contributed by atoms with E-state index in [1.807, 2.05) is 13.0 Å². The maximum absolute atomic E-state index is 5.34. The van der Waals surface area contributed by atoms with E-state index < -0.39 is 0 Å². The van der Waals surface area contributed by atoms with Gasteiger partial charge in [-0.15, -0.1) is 0 Å². The van der Waals surface area contributed by atoms with Crippen molar-refractivity contribution in [3.05, 3.63) is 11.8 Å². The normalized spacial score (nSPS) is 21.1. The van der Waals surface area contributed by atoms with Gasteiger partial charge in [-0.05, 0) is 17.8 Å². The van der Waals surface area contributed by atoms with Crippen LogP contribution in [-0.2, 0) is 0 Å². The van der Waals surface area contributed by atoms with E-state index in [1.165, 1.54) is 0 Å². The van der Waals surface area contributed by atoms with Crippen LogP contribution in [0, 0.1) is 17.8 Å². The Labute approximate surface area is 102 Å². The summed E-state index contributed by atoms with van der Waals surface area (Å²) in [6.07, 6.45) is 0. The lowest BCUT2D eigenvalue weighted by molar-refractivity contribution is 0.457. The maximum Gasteiger partial charge on any atom is 0.239 e. The number of nitrogens with zero attached hydrogens (tertiary/aromatic N) is 2. The predicted octanol–water partition coefficient (Wildman–Crippen LogP) is 1.92. The molecule has 0 bridgehead atoms. The van der Waals surface area contributed by atoms with E-state index >= 15 is 0 Å². The second-order valence-corrected chi connectivity index (χ2v) is 5.88. The second-order valence-electron chi connectivity index (χ2n) is 5.88. The van der Waals surface area contributed by atoms with Crippen LogP contribution >= 0.6 is 0 Å². The monoisotopic (exact) mass is 235 g/mol. The van der Waals surface area contributed by atoms with Crippen LogP contribution in [0.3, 0.4) is 0 Å². The van der Waals surface area contributed by atoms with E-state index in [9.17, 15) is 0 Å². The van der Waals surface area contributed by atoms with Crippen molar-refractivity contribution in [1.29, 1.82) is 0 Å². The number of hydrogen-bond donors (Lipinski definition) is 3. The molecule has 5 nitrogen and oxygen atoms in total. The van der Waals surface area contributed by atoms with Gasteiger partial charge in [0.15, 0.2) is 0 Å². The van der Waals surface area contributed by atoms with Crippen molar-refractivity contribution < 1.29 is 0 Å². The molecule has 2 rings (SSSR count). The van der Waals surface area contributed by atoms with Gasteiger partial charge in [0.05, 0.1) is 0 Å². The molecule has 0 atom stereocenters. The van der Waals surface area contributed by atoms with Gasteiger partial charge >= 0.3 is 0 Å². The van der Waals surface area contributed by atoms with E-state index in [0.717, 1.165) is 11.5 Å². The highest BCUT2D eigenvalue weighted by Crippen LogP contribution is 2.63. The molecule has 17 heavy (non-hydrogen) atoms. The van der Waals surface area contributed by atoms with Crippen molar-refractivity contribution in [3.63, 3.8) is 0 Å². The predicted molar refractivity (Wildman–Crippen MR) is 69.6 cm³/mol. The van der Waals surface area contributed by atoms with Crippen LogP contribution in [0.2, 0.25) is 0 Å². The van der Waals surface area contributed by atoms with E-state index in [1.54, 1.807) is 0 Å². The zero-order chi connectivity index (χ0) is 12.8. The van der Waals surface area contributed by atoms with Crippen LogP contribution in [0.4, 0.5) is 11.8 Å². The van der Waals surface area contributed by atoms with Gasteiger partial charge in [0.25, 0.3) is 0 Å². The number of nitrogens with two attached hydrogens (primary N) is 1. The maximum atomic E-state index is 5.34. The molecule has 1 aromatic rings. The molecule has 0 saturated heterocycles. The minimum absolute atomic E-state index is 0.280. The SMILES string of the molecule is Cc1cc(NC2C(C)(C)C2(C)C)nc(NN)n1. The zero-order valence-electron chi connectivity index (χ0n) is 11.1. The van der Waals surface area contributed by atoms with E-state index in [4.69, 9.17) is 5.84 Å². The van der Waals surface area contributed by atoms with Gasteiger partial charge in [0.2, 0.25) is 5.95 Å². The van der Waals surface area contributed by atoms with Gasteiger partial charge in [-0.25, -0.2) is 10.8 Å². The standard InChI is InChI=1S/C12H21N5/c1-7-6-8(16-10(14-7)17-13)15-9-11(2,3)12(9,4)5/h6,9H,13H2,1-5H3,(H2,14,15,16,17). The molecule has 0 aromatic carbocycles. The first-order valence-electron chi connectivity index (χ1n) is 5.88. The first kappa shape index (κ1) is 12.1. The zero-order valence-corrected chi connectivity index (χ0v) is 11.1. The van der Waals surface area contributed by atoms with E-state index in [-0.39, 0.29) is 10.8 Å². The highest BCUT2D eigenvalue weighted by atomic mass is 15.3. The van der Waals surface area contributed by atoms with Crippen molar-refractivity contribution in [3.8, 4) is 0 Å². The van der Waals surface area contributed by atoms with Crippen LogP contribution in [0.5, 0.6) is 0 Å². The fourth-order valence-electron chi connectivity index (χ4n) is 2.41.